The lowest BCUT2D eigenvalue weighted by molar-refractivity contribution is 0.0477. The predicted octanol–water partition coefficient (Wildman–Crippen LogP) is 3.48. The molecule has 0 saturated heterocycles. The summed E-state index contributed by atoms with van der Waals surface area (Å²) in [6, 6.07) is 13.1. The molecule has 0 unspecified atom stereocenters. The zero-order valence-corrected chi connectivity index (χ0v) is 15.5. The lowest BCUT2D eigenvalue weighted by Gasteiger charge is -2.27. The molecule has 0 fully saturated rings. The van der Waals surface area contributed by atoms with Gasteiger partial charge in [0.1, 0.15) is 19.0 Å². The van der Waals surface area contributed by atoms with Crippen LogP contribution in [-0.4, -0.2) is 36.6 Å². The summed E-state index contributed by atoms with van der Waals surface area (Å²) in [7, 11) is 0. The van der Waals surface area contributed by atoms with Crippen molar-refractivity contribution < 1.29 is 18.7 Å². The molecule has 6 heteroatoms. The van der Waals surface area contributed by atoms with Crippen molar-refractivity contribution in [3.05, 3.63) is 82.8 Å². The Hall–Kier alpha value is -3.15. The van der Waals surface area contributed by atoms with Gasteiger partial charge in [0.25, 0.3) is 6.02 Å². The number of halogens is 1. The number of aliphatic imine (C=N–C) groups is 1. The number of allylic oxidation sites excluding steroid dienone is 1. The van der Waals surface area contributed by atoms with Crippen molar-refractivity contribution in [2.24, 2.45) is 4.99 Å². The molecule has 2 aromatic rings. The van der Waals surface area contributed by atoms with Crippen LogP contribution in [0.1, 0.15) is 27.0 Å². The Morgan fingerprint density at radius 3 is 2.64 bits per heavy atom. The lowest BCUT2D eigenvalue weighted by Crippen LogP contribution is -2.37. The Kier molecular flexibility index (Phi) is 5.10. The standard InChI is InChI=1S/C22H21FN2O3/c1-15-13-17-5-2-3-6-18(17)14-28-22(24-15)25-10-9-16-7-4-8-19(23)20(16)21(26)27-12-11-25/h2-8H,1,9-14H2/b24-22-. The second-order valence-corrected chi connectivity index (χ2v) is 6.84. The zero-order chi connectivity index (χ0) is 19.5. The summed E-state index contributed by atoms with van der Waals surface area (Å²) in [6.45, 7) is 5.52. The number of ether oxygens (including phenoxy) is 2. The van der Waals surface area contributed by atoms with E-state index in [-0.39, 0.29) is 12.2 Å². The molecular weight excluding hydrogens is 359 g/mol. The van der Waals surface area contributed by atoms with E-state index >= 15 is 0 Å². The Balaban J connectivity index is 1.58. The number of carbonyl (C=O) groups is 1. The smallest absolute Gasteiger partial charge is 0.341 e. The summed E-state index contributed by atoms with van der Waals surface area (Å²) in [6.07, 6.45) is 1.13. The summed E-state index contributed by atoms with van der Waals surface area (Å²) in [5, 5.41) is 0. The first-order chi connectivity index (χ1) is 13.6. The fourth-order valence-corrected chi connectivity index (χ4v) is 3.49. The molecule has 0 bridgehead atoms. The first kappa shape index (κ1) is 18.2. The molecule has 28 heavy (non-hydrogen) atoms. The van der Waals surface area contributed by atoms with Gasteiger partial charge in [-0.2, -0.15) is 0 Å². The molecule has 0 spiro atoms. The highest BCUT2D eigenvalue weighted by Gasteiger charge is 2.24. The normalized spacial score (nSPS) is 19.3. The number of amidine groups is 1. The van der Waals surface area contributed by atoms with E-state index in [4.69, 9.17) is 9.47 Å². The molecular formula is C22H21FN2O3. The number of hydrogen-bond donors (Lipinski definition) is 0. The topological polar surface area (TPSA) is 51.1 Å². The van der Waals surface area contributed by atoms with Crippen molar-refractivity contribution in [1.29, 1.82) is 0 Å². The highest BCUT2D eigenvalue weighted by atomic mass is 19.1. The second kappa shape index (κ2) is 7.84. The molecule has 2 aliphatic heterocycles. The third-order valence-electron chi connectivity index (χ3n) is 4.94. The number of benzene rings is 2. The molecule has 0 amide bonds. The summed E-state index contributed by atoms with van der Waals surface area (Å²) < 4.78 is 25.4. The molecule has 2 aliphatic rings. The van der Waals surface area contributed by atoms with Crippen LogP contribution < -0.4 is 0 Å². The van der Waals surface area contributed by atoms with Crippen LogP contribution in [0, 0.1) is 5.82 Å². The van der Waals surface area contributed by atoms with Crippen LogP contribution in [-0.2, 0) is 28.9 Å². The van der Waals surface area contributed by atoms with Crippen LogP contribution in [0.2, 0.25) is 0 Å². The van der Waals surface area contributed by atoms with Crippen LogP contribution in [0.25, 0.3) is 0 Å². The van der Waals surface area contributed by atoms with Crippen LogP contribution in [0.15, 0.2) is 59.7 Å². The van der Waals surface area contributed by atoms with E-state index in [9.17, 15) is 9.18 Å². The zero-order valence-electron chi connectivity index (χ0n) is 15.5. The van der Waals surface area contributed by atoms with Crippen molar-refractivity contribution in [3.63, 3.8) is 0 Å². The first-order valence-corrected chi connectivity index (χ1v) is 9.27. The second-order valence-electron chi connectivity index (χ2n) is 6.84. The van der Waals surface area contributed by atoms with Gasteiger partial charge in [-0.05, 0) is 29.2 Å². The molecule has 0 aliphatic carbocycles. The molecule has 144 valence electrons. The maximum absolute atomic E-state index is 14.1. The summed E-state index contributed by atoms with van der Waals surface area (Å²) in [5.41, 5.74) is 3.58. The first-order valence-electron chi connectivity index (χ1n) is 9.27. The van der Waals surface area contributed by atoms with Gasteiger partial charge >= 0.3 is 5.97 Å². The third-order valence-corrected chi connectivity index (χ3v) is 4.94. The number of fused-ring (bicyclic) bond motifs is 2. The molecule has 0 aromatic heterocycles. The number of nitrogens with zero attached hydrogens (tertiary/aromatic N) is 2. The number of cyclic esters (lactones) is 1. The van der Waals surface area contributed by atoms with Crippen molar-refractivity contribution >= 4 is 12.0 Å². The fourth-order valence-electron chi connectivity index (χ4n) is 3.49. The minimum atomic E-state index is -0.631. The van der Waals surface area contributed by atoms with Gasteiger partial charge in [0.05, 0.1) is 12.1 Å². The van der Waals surface area contributed by atoms with E-state index in [1.165, 1.54) is 6.07 Å². The Morgan fingerprint density at radius 1 is 1.00 bits per heavy atom. The predicted molar refractivity (Wildman–Crippen MR) is 103 cm³/mol. The molecule has 4 rings (SSSR count). The monoisotopic (exact) mass is 380 g/mol. The molecule has 2 heterocycles. The van der Waals surface area contributed by atoms with E-state index in [0.717, 1.165) is 11.1 Å². The average Bonchev–Trinajstić information content (AvgIpc) is 2.74. The van der Waals surface area contributed by atoms with Crippen LogP contribution in [0.5, 0.6) is 0 Å². The molecule has 0 radical (unpaired) electrons. The van der Waals surface area contributed by atoms with Crippen LogP contribution in [0.3, 0.4) is 0 Å². The number of hydrogen-bond acceptors (Lipinski definition) is 5. The van der Waals surface area contributed by atoms with Crippen molar-refractivity contribution in [2.75, 3.05) is 19.7 Å². The lowest BCUT2D eigenvalue weighted by atomic mass is 10.0. The van der Waals surface area contributed by atoms with Crippen LogP contribution >= 0.6 is 0 Å². The molecule has 2 aromatic carbocycles. The number of carbonyl (C=O) groups excluding carboxylic acids is 1. The molecule has 5 nitrogen and oxygen atoms in total. The van der Waals surface area contributed by atoms with Gasteiger partial charge in [0, 0.05) is 18.7 Å². The Bertz CT molecular complexity index is 955. The minimum Gasteiger partial charge on any atom is -0.460 e. The Labute approximate surface area is 163 Å². The minimum absolute atomic E-state index is 0.0169. The van der Waals surface area contributed by atoms with Crippen molar-refractivity contribution in [1.82, 2.24) is 4.90 Å². The van der Waals surface area contributed by atoms with E-state index < -0.39 is 11.8 Å². The van der Waals surface area contributed by atoms with Gasteiger partial charge in [0.2, 0.25) is 0 Å². The number of rotatable bonds is 0. The maximum Gasteiger partial charge on any atom is 0.341 e. The highest BCUT2D eigenvalue weighted by molar-refractivity contribution is 5.91. The summed E-state index contributed by atoms with van der Waals surface area (Å²) in [4.78, 5) is 18.7. The van der Waals surface area contributed by atoms with Gasteiger partial charge in [-0.25, -0.2) is 14.2 Å². The molecule has 0 atom stereocenters. The quantitative estimate of drug-likeness (QED) is 0.657. The summed E-state index contributed by atoms with van der Waals surface area (Å²) >= 11 is 0. The molecule has 0 saturated carbocycles. The van der Waals surface area contributed by atoms with E-state index in [1.54, 1.807) is 12.1 Å². The highest BCUT2D eigenvalue weighted by Crippen LogP contribution is 2.21. The van der Waals surface area contributed by atoms with Crippen molar-refractivity contribution in [2.45, 2.75) is 19.4 Å². The SMILES string of the molecule is C=C1Cc2ccccc2CO/C(N2CCOC(=O)c3c(F)cccc3CC2)=N\1. The third kappa shape index (κ3) is 3.76. The van der Waals surface area contributed by atoms with Gasteiger partial charge in [-0.3, -0.25) is 0 Å². The largest absolute Gasteiger partial charge is 0.460 e. The van der Waals surface area contributed by atoms with Gasteiger partial charge in [-0.1, -0.05) is 43.0 Å². The van der Waals surface area contributed by atoms with E-state index in [0.29, 0.717) is 49.8 Å². The van der Waals surface area contributed by atoms with Gasteiger partial charge in [-0.15, -0.1) is 0 Å². The van der Waals surface area contributed by atoms with Crippen LogP contribution in [0.4, 0.5) is 4.39 Å². The maximum atomic E-state index is 14.1. The average molecular weight is 380 g/mol. The molecule has 0 N–H and O–H groups in total. The Morgan fingerprint density at radius 2 is 1.79 bits per heavy atom. The van der Waals surface area contributed by atoms with Gasteiger partial charge < -0.3 is 14.4 Å². The van der Waals surface area contributed by atoms with E-state index in [1.807, 2.05) is 23.1 Å². The summed E-state index contributed by atoms with van der Waals surface area (Å²) in [5.74, 6) is -1.19. The fraction of sp³-hybridized carbons (Fsp3) is 0.273. The van der Waals surface area contributed by atoms with Crippen molar-refractivity contribution in [3.8, 4) is 0 Å². The van der Waals surface area contributed by atoms with Gasteiger partial charge in [0.15, 0.2) is 0 Å². The van der Waals surface area contributed by atoms with E-state index in [2.05, 4.69) is 17.6 Å². The number of esters is 1.